The molecule has 1 saturated heterocycles. The fourth-order valence-corrected chi connectivity index (χ4v) is 2.84. The summed E-state index contributed by atoms with van der Waals surface area (Å²) >= 11 is 0. The molecule has 0 spiro atoms. The van der Waals surface area contributed by atoms with E-state index < -0.39 is 5.82 Å². The van der Waals surface area contributed by atoms with Crippen molar-refractivity contribution in [1.29, 1.82) is 0 Å². The van der Waals surface area contributed by atoms with Gasteiger partial charge in [0.1, 0.15) is 5.75 Å². The summed E-state index contributed by atoms with van der Waals surface area (Å²) in [6.07, 6.45) is 4.80. The molecule has 2 amide bonds. The number of aliphatic hydroxyl groups excluding tert-OH is 1. The lowest BCUT2D eigenvalue weighted by molar-refractivity contribution is 0.157. The van der Waals surface area contributed by atoms with Gasteiger partial charge in [-0.05, 0) is 42.7 Å². The lowest BCUT2D eigenvalue weighted by atomic mass is 10.2. The minimum Gasteiger partial charge on any atom is -0.453 e. The van der Waals surface area contributed by atoms with E-state index in [0.717, 1.165) is 12.8 Å². The Hall–Kier alpha value is -2.67. The quantitative estimate of drug-likeness (QED) is 0.874. The van der Waals surface area contributed by atoms with Crippen molar-refractivity contribution in [2.45, 2.75) is 25.4 Å². The Bertz CT molecular complexity index is 727. The fraction of sp³-hybridized carbons (Fsp3) is 0.333. The van der Waals surface area contributed by atoms with Gasteiger partial charge in [-0.1, -0.05) is 6.07 Å². The summed E-state index contributed by atoms with van der Waals surface area (Å²) < 4.78 is 19.6. The molecule has 2 N–H and O–H groups in total. The van der Waals surface area contributed by atoms with Crippen molar-refractivity contribution in [1.82, 2.24) is 15.2 Å². The van der Waals surface area contributed by atoms with E-state index in [1.54, 1.807) is 29.3 Å². The number of nitrogens with zero attached hydrogens (tertiary/aromatic N) is 2. The Morgan fingerprint density at radius 3 is 3.04 bits per heavy atom. The highest BCUT2D eigenvalue weighted by atomic mass is 19.1. The Balaban J connectivity index is 1.58. The Labute approximate surface area is 145 Å². The number of carbonyl (C=O) groups is 1. The summed E-state index contributed by atoms with van der Waals surface area (Å²) in [5, 5.41) is 12.0. The van der Waals surface area contributed by atoms with Crippen molar-refractivity contribution >= 4 is 6.03 Å². The number of aliphatic hydroxyl groups is 1. The van der Waals surface area contributed by atoms with Crippen LogP contribution >= 0.6 is 0 Å². The molecule has 1 atom stereocenters. The molecule has 0 unspecified atom stereocenters. The third kappa shape index (κ3) is 4.24. The maximum Gasteiger partial charge on any atom is 0.317 e. The number of pyridine rings is 1. The van der Waals surface area contributed by atoms with Gasteiger partial charge in [-0.15, -0.1) is 0 Å². The second kappa shape index (κ2) is 7.94. The van der Waals surface area contributed by atoms with Crippen LogP contribution in [0.5, 0.6) is 11.5 Å². The van der Waals surface area contributed by atoms with E-state index >= 15 is 0 Å². The smallest absolute Gasteiger partial charge is 0.317 e. The first-order valence-corrected chi connectivity index (χ1v) is 8.19. The number of halogens is 1. The van der Waals surface area contributed by atoms with Gasteiger partial charge in [0.05, 0.1) is 18.8 Å². The maximum absolute atomic E-state index is 14.2. The number of urea groups is 1. The predicted octanol–water partition coefficient (Wildman–Crippen LogP) is 2.68. The third-order valence-corrected chi connectivity index (χ3v) is 4.15. The molecular weight excluding hydrogens is 325 g/mol. The van der Waals surface area contributed by atoms with Crippen LogP contribution in [0.3, 0.4) is 0 Å². The highest BCUT2D eigenvalue weighted by Crippen LogP contribution is 2.24. The molecule has 132 valence electrons. The number of hydrogen-bond donors (Lipinski definition) is 2. The van der Waals surface area contributed by atoms with Crippen molar-refractivity contribution in [3.05, 3.63) is 54.1 Å². The highest BCUT2D eigenvalue weighted by Gasteiger charge is 2.27. The minimum absolute atomic E-state index is 0.0393. The standard InChI is InChI=1S/C18H20FN3O3/c19-16-9-13(5-6-17(16)25-15-4-1-7-20-11-15)10-21-18(24)22-8-2-3-14(22)12-23/h1,4-7,9,11,14,23H,2-3,8,10,12H2,(H,21,24)/t14-/m1/s1. The number of benzene rings is 1. The summed E-state index contributed by atoms with van der Waals surface area (Å²) in [7, 11) is 0. The second-order valence-corrected chi connectivity index (χ2v) is 5.89. The average Bonchev–Trinajstić information content (AvgIpc) is 3.11. The first kappa shape index (κ1) is 17.2. The largest absolute Gasteiger partial charge is 0.453 e. The molecule has 1 fully saturated rings. The molecule has 1 aromatic carbocycles. The lowest BCUT2D eigenvalue weighted by Gasteiger charge is -2.23. The Morgan fingerprint density at radius 2 is 2.32 bits per heavy atom. The van der Waals surface area contributed by atoms with E-state index in [9.17, 15) is 14.3 Å². The lowest BCUT2D eigenvalue weighted by Crippen LogP contribution is -2.43. The molecule has 7 heteroatoms. The van der Waals surface area contributed by atoms with Crippen LogP contribution in [-0.2, 0) is 6.54 Å². The zero-order chi connectivity index (χ0) is 17.6. The second-order valence-electron chi connectivity index (χ2n) is 5.89. The van der Waals surface area contributed by atoms with Crippen LogP contribution in [-0.4, -0.2) is 40.2 Å². The van der Waals surface area contributed by atoms with Crippen molar-refractivity contribution in [3.63, 3.8) is 0 Å². The van der Waals surface area contributed by atoms with Crippen molar-refractivity contribution < 1.29 is 19.0 Å². The molecule has 1 aromatic heterocycles. The Morgan fingerprint density at radius 1 is 1.44 bits per heavy atom. The highest BCUT2D eigenvalue weighted by molar-refractivity contribution is 5.74. The van der Waals surface area contributed by atoms with Gasteiger partial charge in [-0.3, -0.25) is 4.98 Å². The van der Waals surface area contributed by atoms with Crippen molar-refractivity contribution in [2.75, 3.05) is 13.2 Å². The molecule has 0 saturated carbocycles. The number of carbonyl (C=O) groups excluding carboxylic acids is 1. The number of aromatic nitrogens is 1. The van der Waals surface area contributed by atoms with Gasteiger partial charge in [0.15, 0.2) is 11.6 Å². The third-order valence-electron chi connectivity index (χ3n) is 4.15. The Kier molecular flexibility index (Phi) is 5.45. The molecule has 25 heavy (non-hydrogen) atoms. The van der Waals surface area contributed by atoms with E-state index in [2.05, 4.69) is 10.3 Å². The number of hydrogen-bond acceptors (Lipinski definition) is 4. The van der Waals surface area contributed by atoms with Crippen LogP contribution in [0.25, 0.3) is 0 Å². The van der Waals surface area contributed by atoms with Gasteiger partial charge < -0.3 is 20.1 Å². The van der Waals surface area contributed by atoms with Crippen molar-refractivity contribution in [3.8, 4) is 11.5 Å². The van der Waals surface area contributed by atoms with Gasteiger partial charge in [0.25, 0.3) is 0 Å². The maximum atomic E-state index is 14.2. The molecule has 0 bridgehead atoms. The summed E-state index contributed by atoms with van der Waals surface area (Å²) in [5.41, 5.74) is 0.629. The van der Waals surface area contributed by atoms with Crippen LogP contribution < -0.4 is 10.1 Å². The first-order valence-electron chi connectivity index (χ1n) is 8.19. The normalized spacial score (nSPS) is 16.7. The van der Waals surface area contributed by atoms with E-state index in [-0.39, 0.29) is 31.0 Å². The van der Waals surface area contributed by atoms with Crippen LogP contribution in [0.15, 0.2) is 42.7 Å². The van der Waals surface area contributed by atoms with Gasteiger partial charge in [-0.25, -0.2) is 9.18 Å². The summed E-state index contributed by atoms with van der Waals surface area (Å²) in [6.45, 7) is 0.795. The SMILES string of the molecule is O=C(NCc1ccc(Oc2cccnc2)c(F)c1)N1CCC[C@@H]1CO. The van der Waals surface area contributed by atoms with Gasteiger partial charge in [-0.2, -0.15) is 0 Å². The van der Waals surface area contributed by atoms with Crippen LogP contribution in [0.1, 0.15) is 18.4 Å². The number of ether oxygens (including phenoxy) is 1. The summed E-state index contributed by atoms with van der Waals surface area (Å²) in [4.78, 5) is 17.7. The zero-order valence-corrected chi connectivity index (χ0v) is 13.7. The van der Waals surface area contributed by atoms with Crippen LogP contribution in [0, 0.1) is 5.82 Å². The van der Waals surface area contributed by atoms with E-state index in [1.165, 1.54) is 18.3 Å². The van der Waals surface area contributed by atoms with Gasteiger partial charge in [0, 0.05) is 19.3 Å². The number of rotatable bonds is 5. The molecule has 0 aliphatic carbocycles. The zero-order valence-electron chi connectivity index (χ0n) is 13.7. The molecular formula is C18H20FN3O3. The van der Waals surface area contributed by atoms with Gasteiger partial charge in [0.2, 0.25) is 0 Å². The number of nitrogens with one attached hydrogen (secondary N) is 1. The molecule has 1 aliphatic rings. The average molecular weight is 345 g/mol. The minimum atomic E-state index is -0.509. The number of likely N-dealkylation sites (tertiary alicyclic amines) is 1. The molecule has 6 nitrogen and oxygen atoms in total. The van der Waals surface area contributed by atoms with Gasteiger partial charge >= 0.3 is 6.03 Å². The number of amides is 2. The predicted molar refractivity (Wildman–Crippen MR) is 89.8 cm³/mol. The first-order chi connectivity index (χ1) is 12.2. The van der Waals surface area contributed by atoms with Crippen LogP contribution in [0.2, 0.25) is 0 Å². The molecule has 1 aliphatic heterocycles. The van der Waals surface area contributed by atoms with E-state index in [0.29, 0.717) is 17.9 Å². The monoisotopic (exact) mass is 345 g/mol. The summed E-state index contributed by atoms with van der Waals surface area (Å²) in [6, 6.07) is 7.57. The van der Waals surface area contributed by atoms with E-state index in [4.69, 9.17) is 4.74 Å². The molecule has 0 radical (unpaired) electrons. The van der Waals surface area contributed by atoms with Crippen molar-refractivity contribution in [2.24, 2.45) is 0 Å². The molecule has 2 heterocycles. The molecule has 3 rings (SSSR count). The van der Waals surface area contributed by atoms with E-state index in [1.807, 2.05) is 0 Å². The topological polar surface area (TPSA) is 74.7 Å². The molecule has 2 aromatic rings. The van der Waals surface area contributed by atoms with Crippen LogP contribution in [0.4, 0.5) is 9.18 Å². The fourth-order valence-electron chi connectivity index (χ4n) is 2.84. The summed E-state index contributed by atoms with van der Waals surface area (Å²) in [5.74, 6) is 0.0412.